The van der Waals surface area contributed by atoms with Crippen LogP contribution in [0.1, 0.15) is 32.6 Å². The minimum atomic E-state index is 0.0220. The zero-order valence-electron chi connectivity index (χ0n) is 6.88. The maximum atomic E-state index is 10.9. The topological polar surface area (TPSA) is 26.3 Å². The molecule has 0 aromatic heterocycles. The van der Waals surface area contributed by atoms with E-state index in [-0.39, 0.29) is 12.1 Å². The van der Waals surface area contributed by atoms with Crippen molar-refractivity contribution in [1.29, 1.82) is 0 Å². The highest BCUT2D eigenvalue weighted by Gasteiger charge is 2.40. The quantitative estimate of drug-likeness (QED) is 0.497. The summed E-state index contributed by atoms with van der Waals surface area (Å²) >= 11 is 0. The zero-order chi connectivity index (χ0) is 7.84. The Balaban J connectivity index is 2.09. The summed E-state index contributed by atoms with van der Waals surface area (Å²) < 4.78 is 5.24. The van der Waals surface area contributed by atoms with Crippen molar-refractivity contribution in [3.8, 4) is 0 Å². The van der Waals surface area contributed by atoms with E-state index in [2.05, 4.69) is 6.92 Å². The molecule has 2 fully saturated rings. The summed E-state index contributed by atoms with van der Waals surface area (Å²) in [6.07, 6.45) is 4.64. The number of hydrogen-bond donors (Lipinski definition) is 0. The van der Waals surface area contributed by atoms with Gasteiger partial charge in [-0.15, -0.1) is 0 Å². The second kappa shape index (κ2) is 2.50. The molecule has 11 heavy (non-hydrogen) atoms. The van der Waals surface area contributed by atoms with Crippen LogP contribution in [0, 0.1) is 11.8 Å². The summed E-state index contributed by atoms with van der Waals surface area (Å²) in [6, 6.07) is 0. The van der Waals surface area contributed by atoms with Gasteiger partial charge in [-0.3, -0.25) is 4.79 Å². The van der Waals surface area contributed by atoms with Crippen molar-refractivity contribution in [2.24, 2.45) is 11.8 Å². The van der Waals surface area contributed by atoms with Crippen LogP contribution in [0.2, 0.25) is 0 Å². The molecule has 0 amide bonds. The third-order valence-electron chi connectivity index (χ3n) is 2.96. The third-order valence-corrected chi connectivity index (χ3v) is 2.96. The van der Waals surface area contributed by atoms with Crippen molar-refractivity contribution < 1.29 is 9.53 Å². The largest absolute Gasteiger partial charge is 0.462 e. The van der Waals surface area contributed by atoms with Gasteiger partial charge in [0.15, 0.2) is 0 Å². The van der Waals surface area contributed by atoms with Crippen molar-refractivity contribution in [2.75, 3.05) is 0 Å². The fraction of sp³-hybridized carbons (Fsp3) is 0.889. The molecule has 0 N–H and O–H groups in total. The Kier molecular flexibility index (Phi) is 1.63. The first-order valence-corrected chi connectivity index (χ1v) is 4.47. The lowest BCUT2D eigenvalue weighted by Gasteiger charge is -2.28. The van der Waals surface area contributed by atoms with E-state index in [1.54, 1.807) is 0 Å². The van der Waals surface area contributed by atoms with E-state index in [0.717, 1.165) is 0 Å². The summed E-state index contributed by atoms with van der Waals surface area (Å²) in [7, 11) is 0. The molecule has 0 aromatic rings. The lowest BCUT2D eigenvalue weighted by atomic mass is 9.80. The molecule has 2 aliphatic rings. The van der Waals surface area contributed by atoms with Crippen molar-refractivity contribution in [3.05, 3.63) is 0 Å². The fourth-order valence-electron chi connectivity index (χ4n) is 2.34. The molecule has 0 bridgehead atoms. The number of hydrogen-bond acceptors (Lipinski definition) is 2. The third kappa shape index (κ3) is 1.15. The van der Waals surface area contributed by atoms with E-state index in [9.17, 15) is 4.79 Å². The average Bonchev–Trinajstić information content (AvgIpc) is 2.31. The second-order valence-corrected chi connectivity index (χ2v) is 3.83. The van der Waals surface area contributed by atoms with Crippen LogP contribution in [0.15, 0.2) is 0 Å². The summed E-state index contributed by atoms with van der Waals surface area (Å²) in [5.74, 6) is 1.17. The standard InChI is InChI=1S/C9H14O2/c1-6-3-2-4-7-5-8(10)11-9(6)7/h6-7,9H,2-5H2,1H3/t6-,7+,9-/m1/s1. The maximum Gasteiger partial charge on any atom is 0.306 e. The van der Waals surface area contributed by atoms with Crippen molar-refractivity contribution in [2.45, 2.75) is 38.7 Å². The Morgan fingerprint density at radius 3 is 3.00 bits per heavy atom. The molecular weight excluding hydrogens is 140 g/mol. The first-order valence-electron chi connectivity index (χ1n) is 4.47. The smallest absolute Gasteiger partial charge is 0.306 e. The highest BCUT2D eigenvalue weighted by molar-refractivity contribution is 5.72. The van der Waals surface area contributed by atoms with Crippen LogP contribution in [0.4, 0.5) is 0 Å². The summed E-state index contributed by atoms with van der Waals surface area (Å²) in [5, 5.41) is 0. The minimum absolute atomic E-state index is 0.0220. The molecule has 1 saturated heterocycles. The number of rotatable bonds is 0. The first-order chi connectivity index (χ1) is 5.27. The van der Waals surface area contributed by atoms with E-state index < -0.39 is 0 Å². The minimum Gasteiger partial charge on any atom is -0.462 e. The highest BCUT2D eigenvalue weighted by atomic mass is 16.6. The first kappa shape index (κ1) is 7.14. The Bertz CT molecular complexity index is 176. The lowest BCUT2D eigenvalue weighted by molar-refractivity contribution is -0.143. The summed E-state index contributed by atoms with van der Waals surface area (Å²) in [6.45, 7) is 2.19. The molecule has 2 nitrogen and oxygen atoms in total. The molecule has 2 rings (SSSR count). The van der Waals surface area contributed by atoms with Crippen molar-refractivity contribution >= 4 is 5.97 Å². The molecule has 62 valence electrons. The summed E-state index contributed by atoms with van der Waals surface area (Å²) in [5.41, 5.74) is 0. The molecule has 1 heterocycles. The van der Waals surface area contributed by atoms with E-state index >= 15 is 0 Å². The number of esters is 1. The summed E-state index contributed by atoms with van der Waals surface area (Å²) in [4.78, 5) is 10.9. The fourth-order valence-corrected chi connectivity index (χ4v) is 2.34. The molecule has 0 radical (unpaired) electrons. The number of carbonyl (C=O) groups excluding carboxylic acids is 1. The van der Waals surface area contributed by atoms with Crippen LogP contribution in [0.25, 0.3) is 0 Å². The molecule has 0 spiro atoms. The van der Waals surface area contributed by atoms with Gasteiger partial charge in [0.2, 0.25) is 0 Å². The number of fused-ring (bicyclic) bond motifs is 1. The molecule has 0 unspecified atom stereocenters. The Hall–Kier alpha value is -0.530. The van der Waals surface area contributed by atoms with Crippen LogP contribution in [-0.4, -0.2) is 12.1 Å². The van der Waals surface area contributed by atoms with Crippen LogP contribution < -0.4 is 0 Å². The van der Waals surface area contributed by atoms with E-state index in [1.165, 1.54) is 19.3 Å². The van der Waals surface area contributed by atoms with Gasteiger partial charge in [0.25, 0.3) is 0 Å². The Morgan fingerprint density at radius 2 is 2.27 bits per heavy atom. The lowest BCUT2D eigenvalue weighted by Crippen LogP contribution is -2.28. The van der Waals surface area contributed by atoms with Gasteiger partial charge in [0.05, 0.1) is 6.42 Å². The van der Waals surface area contributed by atoms with Crippen molar-refractivity contribution in [3.63, 3.8) is 0 Å². The Labute approximate surface area is 66.9 Å². The van der Waals surface area contributed by atoms with Crippen LogP contribution >= 0.6 is 0 Å². The number of carbonyl (C=O) groups is 1. The monoisotopic (exact) mass is 154 g/mol. The van der Waals surface area contributed by atoms with Crippen LogP contribution in [0.5, 0.6) is 0 Å². The van der Waals surface area contributed by atoms with Gasteiger partial charge in [-0.1, -0.05) is 13.3 Å². The van der Waals surface area contributed by atoms with E-state index in [4.69, 9.17) is 4.74 Å². The SMILES string of the molecule is C[C@@H]1CCC[C@H]2CC(=O)O[C@@H]21. The molecule has 2 heteroatoms. The normalized spacial score (nSPS) is 43.4. The van der Waals surface area contributed by atoms with Crippen LogP contribution in [0.3, 0.4) is 0 Å². The van der Waals surface area contributed by atoms with Gasteiger partial charge in [-0.05, 0) is 18.8 Å². The molecular formula is C9H14O2. The van der Waals surface area contributed by atoms with Gasteiger partial charge in [-0.25, -0.2) is 0 Å². The maximum absolute atomic E-state index is 10.9. The zero-order valence-corrected chi connectivity index (χ0v) is 6.88. The van der Waals surface area contributed by atoms with Gasteiger partial charge in [0, 0.05) is 5.92 Å². The van der Waals surface area contributed by atoms with Gasteiger partial charge >= 0.3 is 5.97 Å². The Morgan fingerprint density at radius 1 is 1.45 bits per heavy atom. The van der Waals surface area contributed by atoms with Gasteiger partial charge < -0.3 is 4.74 Å². The van der Waals surface area contributed by atoms with E-state index in [1.807, 2.05) is 0 Å². The average molecular weight is 154 g/mol. The van der Waals surface area contributed by atoms with Crippen LogP contribution in [-0.2, 0) is 9.53 Å². The van der Waals surface area contributed by atoms with E-state index in [0.29, 0.717) is 18.3 Å². The van der Waals surface area contributed by atoms with Crippen molar-refractivity contribution in [1.82, 2.24) is 0 Å². The molecule has 1 aliphatic carbocycles. The molecule has 1 saturated carbocycles. The van der Waals surface area contributed by atoms with Gasteiger partial charge in [-0.2, -0.15) is 0 Å². The molecule has 0 aromatic carbocycles. The van der Waals surface area contributed by atoms with Gasteiger partial charge in [0.1, 0.15) is 6.10 Å². The molecule has 3 atom stereocenters. The molecule has 1 aliphatic heterocycles. The number of ether oxygens (including phenoxy) is 1. The second-order valence-electron chi connectivity index (χ2n) is 3.83. The predicted octanol–water partition coefficient (Wildman–Crippen LogP) is 1.74. The predicted molar refractivity (Wildman–Crippen MR) is 41.0 cm³/mol. The highest BCUT2D eigenvalue weighted by Crippen LogP contribution is 2.37.